The van der Waals surface area contributed by atoms with Gasteiger partial charge in [0.2, 0.25) is 5.95 Å². The fourth-order valence-electron chi connectivity index (χ4n) is 3.40. The molecular formula is C22H22ClF2N5O2. The number of morpholine rings is 1. The van der Waals surface area contributed by atoms with Gasteiger partial charge in [-0.3, -0.25) is 0 Å². The number of hydrogen-bond donors (Lipinski definition) is 1. The number of benzene rings is 2. The zero-order chi connectivity index (χ0) is 22.7. The molecule has 3 aromatic rings. The van der Waals surface area contributed by atoms with Gasteiger partial charge in [0.05, 0.1) is 26.0 Å². The van der Waals surface area contributed by atoms with Gasteiger partial charge in [0.25, 0.3) is 0 Å². The lowest BCUT2D eigenvalue weighted by Gasteiger charge is -2.29. The van der Waals surface area contributed by atoms with Gasteiger partial charge in [-0.25, -0.2) is 13.8 Å². The maximum Gasteiger partial charge on any atom is 0.229 e. The Balaban J connectivity index is 1.60. The lowest BCUT2D eigenvalue weighted by Crippen LogP contribution is -2.36. The summed E-state index contributed by atoms with van der Waals surface area (Å²) in [5.41, 5.74) is 1.82. The first-order valence-corrected chi connectivity index (χ1v) is 10.3. The van der Waals surface area contributed by atoms with Gasteiger partial charge >= 0.3 is 0 Å². The van der Waals surface area contributed by atoms with E-state index >= 15 is 0 Å². The number of hydrogen-bond acceptors (Lipinski definition) is 7. The van der Waals surface area contributed by atoms with Gasteiger partial charge in [-0.1, -0.05) is 11.6 Å². The van der Waals surface area contributed by atoms with Crippen LogP contribution in [0.3, 0.4) is 0 Å². The van der Waals surface area contributed by atoms with Crippen LogP contribution < -0.4 is 19.9 Å². The zero-order valence-electron chi connectivity index (χ0n) is 17.6. The Morgan fingerprint density at radius 2 is 1.94 bits per heavy atom. The molecule has 0 saturated carbocycles. The summed E-state index contributed by atoms with van der Waals surface area (Å²) >= 11 is 5.71. The predicted octanol–water partition coefficient (Wildman–Crippen LogP) is 4.76. The number of nitrogens with one attached hydrogen (secondary N) is 1. The third kappa shape index (κ3) is 4.68. The van der Waals surface area contributed by atoms with Crippen molar-refractivity contribution in [2.45, 2.75) is 0 Å². The number of methoxy groups -OCH3 is 1. The van der Waals surface area contributed by atoms with E-state index in [0.717, 1.165) is 30.5 Å². The SMILES string of the molecule is COc1cc(Nc2nccc(N(C)c3ccc(F)c(Cl)c3F)n2)cc(N2CCOCC2)c1. The number of aromatic nitrogens is 2. The Hall–Kier alpha value is -3.17. The largest absolute Gasteiger partial charge is 0.497 e. The summed E-state index contributed by atoms with van der Waals surface area (Å²) in [5.74, 6) is -0.275. The van der Waals surface area contributed by atoms with Crippen molar-refractivity contribution in [2.24, 2.45) is 0 Å². The molecule has 1 aliphatic rings. The highest BCUT2D eigenvalue weighted by Gasteiger charge is 2.18. The molecule has 10 heteroatoms. The van der Waals surface area contributed by atoms with Gasteiger partial charge in [0, 0.05) is 49.8 Å². The zero-order valence-corrected chi connectivity index (χ0v) is 18.4. The topological polar surface area (TPSA) is 62.8 Å². The second-order valence-electron chi connectivity index (χ2n) is 7.14. The van der Waals surface area contributed by atoms with E-state index in [4.69, 9.17) is 21.1 Å². The third-order valence-corrected chi connectivity index (χ3v) is 5.47. The number of nitrogens with zero attached hydrogens (tertiary/aromatic N) is 4. The molecule has 0 bridgehead atoms. The molecule has 2 heterocycles. The highest BCUT2D eigenvalue weighted by Crippen LogP contribution is 2.32. The van der Waals surface area contributed by atoms with Crippen LogP contribution in [0.2, 0.25) is 5.02 Å². The van der Waals surface area contributed by atoms with Crippen LogP contribution in [0.25, 0.3) is 0 Å². The van der Waals surface area contributed by atoms with E-state index in [9.17, 15) is 8.78 Å². The Kier molecular flexibility index (Phi) is 6.57. The molecular weight excluding hydrogens is 440 g/mol. The molecule has 168 valence electrons. The Morgan fingerprint density at radius 1 is 1.16 bits per heavy atom. The molecule has 0 amide bonds. The molecule has 0 atom stereocenters. The Labute approximate surface area is 189 Å². The summed E-state index contributed by atoms with van der Waals surface area (Å²) in [6.07, 6.45) is 1.55. The normalized spacial score (nSPS) is 13.7. The van der Waals surface area contributed by atoms with Gasteiger partial charge in [0.1, 0.15) is 22.4 Å². The molecule has 1 aliphatic heterocycles. The number of anilines is 5. The minimum absolute atomic E-state index is 0.0945. The second-order valence-corrected chi connectivity index (χ2v) is 7.51. The number of rotatable bonds is 6. The Bertz CT molecular complexity index is 1110. The van der Waals surface area contributed by atoms with Crippen molar-refractivity contribution in [3.8, 4) is 5.75 Å². The first-order chi connectivity index (χ1) is 15.5. The molecule has 1 N–H and O–H groups in total. The summed E-state index contributed by atoms with van der Waals surface area (Å²) in [6, 6.07) is 9.81. The first-order valence-electron chi connectivity index (χ1n) is 9.95. The minimum atomic E-state index is -0.856. The quantitative estimate of drug-likeness (QED) is 0.531. The molecule has 1 aromatic heterocycles. The smallest absolute Gasteiger partial charge is 0.229 e. The monoisotopic (exact) mass is 461 g/mol. The van der Waals surface area contributed by atoms with Crippen molar-refractivity contribution in [3.63, 3.8) is 0 Å². The van der Waals surface area contributed by atoms with Gasteiger partial charge in [-0.15, -0.1) is 0 Å². The lowest BCUT2D eigenvalue weighted by molar-refractivity contribution is 0.122. The van der Waals surface area contributed by atoms with Crippen molar-refractivity contribution < 1.29 is 18.3 Å². The summed E-state index contributed by atoms with van der Waals surface area (Å²) in [7, 11) is 3.22. The maximum atomic E-state index is 14.5. The first kappa shape index (κ1) is 22.0. The van der Waals surface area contributed by atoms with Crippen LogP contribution in [0.4, 0.5) is 37.6 Å². The van der Waals surface area contributed by atoms with E-state index in [0.29, 0.717) is 30.7 Å². The van der Waals surface area contributed by atoms with E-state index in [1.54, 1.807) is 26.4 Å². The molecule has 0 spiro atoms. The fourth-order valence-corrected chi connectivity index (χ4v) is 3.56. The molecule has 1 fully saturated rings. The van der Waals surface area contributed by atoms with Gasteiger partial charge in [-0.05, 0) is 24.3 Å². The van der Waals surface area contributed by atoms with E-state index in [1.807, 2.05) is 18.2 Å². The molecule has 0 radical (unpaired) electrons. The van der Waals surface area contributed by atoms with E-state index < -0.39 is 16.7 Å². The van der Waals surface area contributed by atoms with Crippen molar-refractivity contribution in [1.29, 1.82) is 0 Å². The molecule has 4 rings (SSSR count). The van der Waals surface area contributed by atoms with Crippen LogP contribution in [0, 0.1) is 11.6 Å². The standard InChI is InChI=1S/C22H22ClF2N5O2/c1-29(18-4-3-17(24)20(23)21(18)25)19-5-6-26-22(28-19)27-14-11-15(13-16(12-14)31-2)30-7-9-32-10-8-30/h3-6,11-13H,7-10H2,1-2H3,(H,26,27,28). The van der Waals surface area contributed by atoms with Crippen LogP contribution in [0.5, 0.6) is 5.75 Å². The van der Waals surface area contributed by atoms with Crippen LogP contribution in [0.1, 0.15) is 0 Å². The molecule has 32 heavy (non-hydrogen) atoms. The second kappa shape index (κ2) is 9.54. The van der Waals surface area contributed by atoms with Gasteiger partial charge in [-0.2, -0.15) is 4.98 Å². The molecule has 7 nitrogen and oxygen atoms in total. The predicted molar refractivity (Wildman–Crippen MR) is 121 cm³/mol. The fraction of sp³-hybridized carbons (Fsp3) is 0.273. The molecule has 0 unspecified atom stereocenters. The van der Waals surface area contributed by atoms with Crippen molar-refractivity contribution in [2.75, 3.05) is 55.6 Å². The van der Waals surface area contributed by atoms with Crippen LogP contribution >= 0.6 is 11.6 Å². The summed E-state index contributed by atoms with van der Waals surface area (Å²) in [6.45, 7) is 2.91. The van der Waals surface area contributed by atoms with Crippen molar-refractivity contribution in [1.82, 2.24) is 9.97 Å². The van der Waals surface area contributed by atoms with E-state index in [-0.39, 0.29) is 5.69 Å². The summed E-state index contributed by atoms with van der Waals surface area (Å²) < 4.78 is 38.8. The van der Waals surface area contributed by atoms with E-state index in [1.165, 1.54) is 11.0 Å². The lowest BCUT2D eigenvalue weighted by atomic mass is 10.2. The third-order valence-electron chi connectivity index (χ3n) is 5.12. The van der Waals surface area contributed by atoms with Crippen molar-refractivity contribution in [3.05, 3.63) is 59.3 Å². The highest BCUT2D eigenvalue weighted by molar-refractivity contribution is 6.31. The highest BCUT2D eigenvalue weighted by atomic mass is 35.5. The minimum Gasteiger partial charge on any atom is -0.497 e. The van der Waals surface area contributed by atoms with Crippen LogP contribution in [0.15, 0.2) is 42.6 Å². The van der Waals surface area contributed by atoms with E-state index in [2.05, 4.69) is 20.2 Å². The number of ether oxygens (including phenoxy) is 2. The number of halogens is 3. The van der Waals surface area contributed by atoms with Crippen LogP contribution in [-0.2, 0) is 4.74 Å². The maximum absolute atomic E-state index is 14.5. The average Bonchev–Trinajstić information content (AvgIpc) is 2.83. The molecule has 1 saturated heterocycles. The summed E-state index contributed by atoms with van der Waals surface area (Å²) in [4.78, 5) is 12.4. The molecule has 2 aromatic carbocycles. The van der Waals surface area contributed by atoms with Crippen LogP contribution in [-0.4, -0.2) is 50.4 Å². The van der Waals surface area contributed by atoms with Gasteiger partial charge in [0.15, 0.2) is 5.82 Å². The Morgan fingerprint density at radius 3 is 2.69 bits per heavy atom. The molecule has 0 aliphatic carbocycles. The summed E-state index contributed by atoms with van der Waals surface area (Å²) in [5, 5.41) is 2.61. The average molecular weight is 462 g/mol. The van der Waals surface area contributed by atoms with Gasteiger partial charge < -0.3 is 24.6 Å². The van der Waals surface area contributed by atoms with Crippen molar-refractivity contribution >= 4 is 40.4 Å².